The standard InChI is InChI=1S/C15H15ClN2O2/c1-9-6-14(18-10(2)17-9)13(15(19)20)8-11-4-3-5-12(16)7-11/h3-7,13H,8H2,1-2H3,(H,19,20). The molecule has 0 aliphatic rings. The zero-order valence-electron chi connectivity index (χ0n) is 11.3. The van der Waals surface area contributed by atoms with Gasteiger partial charge in [-0.15, -0.1) is 0 Å². The molecule has 2 rings (SSSR count). The number of carboxylic acids is 1. The van der Waals surface area contributed by atoms with Gasteiger partial charge in [0.25, 0.3) is 0 Å². The molecule has 1 atom stereocenters. The molecule has 20 heavy (non-hydrogen) atoms. The maximum Gasteiger partial charge on any atom is 0.312 e. The van der Waals surface area contributed by atoms with Crippen LogP contribution < -0.4 is 0 Å². The lowest BCUT2D eigenvalue weighted by Crippen LogP contribution is -2.17. The first-order chi connectivity index (χ1) is 9.45. The smallest absolute Gasteiger partial charge is 0.312 e. The first kappa shape index (κ1) is 14.5. The number of aromatic nitrogens is 2. The molecule has 104 valence electrons. The quantitative estimate of drug-likeness (QED) is 0.939. The highest BCUT2D eigenvalue weighted by atomic mass is 35.5. The molecule has 0 saturated heterocycles. The predicted molar refractivity (Wildman–Crippen MR) is 77.0 cm³/mol. The van der Waals surface area contributed by atoms with E-state index in [1.54, 1.807) is 25.1 Å². The van der Waals surface area contributed by atoms with Crippen LogP contribution >= 0.6 is 11.6 Å². The van der Waals surface area contributed by atoms with Gasteiger partial charge in [-0.3, -0.25) is 4.79 Å². The van der Waals surface area contributed by atoms with Crippen LogP contribution in [0.25, 0.3) is 0 Å². The summed E-state index contributed by atoms with van der Waals surface area (Å²) in [7, 11) is 0. The van der Waals surface area contributed by atoms with E-state index in [0.29, 0.717) is 23.0 Å². The summed E-state index contributed by atoms with van der Waals surface area (Å²) < 4.78 is 0. The molecule has 1 aromatic heterocycles. The summed E-state index contributed by atoms with van der Waals surface area (Å²) in [6.45, 7) is 3.59. The fraction of sp³-hybridized carbons (Fsp3) is 0.267. The van der Waals surface area contributed by atoms with Crippen molar-refractivity contribution in [3.05, 3.63) is 58.1 Å². The molecule has 0 saturated carbocycles. The van der Waals surface area contributed by atoms with E-state index < -0.39 is 11.9 Å². The molecule has 0 fully saturated rings. The third-order valence-corrected chi connectivity index (χ3v) is 3.20. The molecular formula is C15H15ClN2O2. The van der Waals surface area contributed by atoms with Gasteiger partial charge in [0.05, 0.1) is 5.69 Å². The van der Waals surface area contributed by atoms with Gasteiger partial charge >= 0.3 is 5.97 Å². The Morgan fingerprint density at radius 2 is 2.05 bits per heavy atom. The molecule has 4 nitrogen and oxygen atoms in total. The number of halogens is 1. The number of carbonyl (C=O) groups is 1. The average molecular weight is 291 g/mol. The highest BCUT2D eigenvalue weighted by Gasteiger charge is 2.22. The SMILES string of the molecule is Cc1cc(C(Cc2cccc(Cl)c2)C(=O)O)nc(C)n1. The van der Waals surface area contributed by atoms with Crippen LogP contribution in [0.4, 0.5) is 0 Å². The van der Waals surface area contributed by atoms with Crippen LogP contribution in [0, 0.1) is 13.8 Å². The summed E-state index contributed by atoms with van der Waals surface area (Å²) in [4.78, 5) is 19.9. The fourth-order valence-electron chi connectivity index (χ4n) is 2.14. The molecule has 0 aliphatic heterocycles. The average Bonchev–Trinajstić information content (AvgIpc) is 2.34. The van der Waals surface area contributed by atoms with E-state index in [2.05, 4.69) is 9.97 Å². The Morgan fingerprint density at radius 1 is 1.30 bits per heavy atom. The molecule has 1 aromatic carbocycles. The van der Waals surface area contributed by atoms with Gasteiger partial charge in [-0.1, -0.05) is 23.7 Å². The van der Waals surface area contributed by atoms with Gasteiger partial charge in [0.15, 0.2) is 0 Å². The number of rotatable bonds is 4. The van der Waals surface area contributed by atoms with Crippen LogP contribution in [0.15, 0.2) is 30.3 Å². The second kappa shape index (κ2) is 6.01. The largest absolute Gasteiger partial charge is 0.481 e. The van der Waals surface area contributed by atoms with Gasteiger partial charge in [0.2, 0.25) is 0 Å². The summed E-state index contributed by atoms with van der Waals surface area (Å²) in [5.74, 6) is -1.02. The maximum absolute atomic E-state index is 11.5. The minimum absolute atomic E-state index is 0.353. The minimum Gasteiger partial charge on any atom is -0.481 e. The van der Waals surface area contributed by atoms with Crippen LogP contribution in [-0.2, 0) is 11.2 Å². The molecule has 1 N–H and O–H groups in total. The predicted octanol–water partition coefficient (Wildman–Crippen LogP) is 3.16. The van der Waals surface area contributed by atoms with Crippen molar-refractivity contribution in [3.63, 3.8) is 0 Å². The van der Waals surface area contributed by atoms with Crippen molar-refractivity contribution in [1.82, 2.24) is 9.97 Å². The van der Waals surface area contributed by atoms with Gasteiger partial charge < -0.3 is 5.11 Å². The third kappa shape index (κ3) is 3.54. The molecule has 0 radical (unpaired) electrons. The second-order valence-electron chi connectivity index (χ2n) is 4.71. The molecule has 0 amide bonds. The summed E-state index contributed by atoms with van der Waals surface area (Å²) in [5, 5.41) is 10.0. The monoisotopic (exact) mass is 290 g/mol. The Kier molecular flexibility index (Phi) is 4.35. The topological polar surface area (TPSA) is 63.1 Å². The fourth-order valence-corrected chi connectivity index (χ4v) is 2.36. The number of hydrogen-bond donors (Lipinski definition) is 1. The van der Waals surface area contributed by atoms with Crippen molar-refractivity contribution in [2.45, 2.75) is 26.2 Å². The van der Waals surface area contributed by atoms with Gasteiger partial charge in [0, 0.05) is 10.7 Å². The highest BCUT2D eigenvalue weighted by Crippen LogP contribution is 2.22. The van der Waals surface area contributed by atoms with Crippen molar-refractivity contribution in [2.75, 3.05) is 0 Å². The van der Waals surface area contributed by atoms with E-state index in [9.17, 15) is 9.90 Å². The van der Waals surface area contributed by atoms with Gasteiger partial charge in [-0.25, -0.2) is 9.97 Å². The van der Waals surface area contributed by atoms with Gasteiger partial charge in [0.1, 0.15) is 11.7 Å². The lowest BCUT2D eigenvalue weighted by Gasteiger charge is -2.13. The lowest BCUT2D eigenvalue weighted by molar-refractivity contribution is -0.138. The minimum atomic E-state index is -0.900. The molecule has 0 spiro atoms. The van der Waals surface area contributed by atoms with E-state index in [1.807, 2.05) is 19.1 Å². The van der Waals surface area contributed by atoms with Crippen molar-refractivity contribution in [3.8, 4) is 0 Å². The number of nitrogens with zero attached hydrogens (tertiary/aromatic N) is 2. The molecule has 1 unspecified atom stereocenters. The Hall–Kier alpha value is -1.94. The van der Waals surface area contributed by atoms with E-state index in [1.165, 1.54) is 0 Å². The first-order valence-electron chi connectivity index (χ1n) is 6.25. The molecule has 0 bridgehead atoms. The van der Waals surface area contributed by atoms with Crippen LogP contribution in [0.5, 0.6) is 0 Å². The lowest BCUT2D eigenvalue weighted by atomic mass is 9.95. The Labute approximate surface area is 122 Å². The first-order valence-corrected chi connectivity index (χ1v) is 6.63. The van der Waals surface area contributed by atoms with Crippen LogP contribution in [0.3, 0.4) is 0 Å². The van der Waals surface area contributed by atoms with Crippen molar-refractivity contribution < 1.29 is 9.90 Å². The van der Waals surface area contributed by atoms with Crippen LogP contribution in [0.1, 0.15) is 28.7 Å². The molecule has 0 aliphatic carbocycles. The van der Waals surface area contributed by atoms with Crippen molar-refractivity contribution in [1.29, 1.82) is 0 Å². The third-order valence-electron chi connectivity index (χ3n) is 2.97. The van der Waals surface area contributed by atoms with E-state index >= 15 is 0 Å². The normalized spacial score (nSPS) is 12.2. The van der Waals surface area contributed by atoms with Gasteiger partial charge in [-0.2, -0.15) is 0 Å². The van der Waals surface area contributed by atoms with E-state index in [-0.39, 0.29) is 0 Å². The number of hydrogen-bond acceptors (Lipinski definition) is 3. The maximum atomic E-state index is 11.5. The highest BCUT2D eigenvalue weighted by molar-refractivity contribution is 6.30. The molecule has 5 heteroatoms. The summed E-state index contributed by atoms with van der Waals surface area (Å²) in [6.07, 6.45) is 0.353. The van der Waals surface area contributed by atoms with Gasteiger partial charge in [-0.05, 0) is 44.0 Å². The number of aliphatic carboxylic acids is 1. The molecular weight excluding hydrogens is 276 g/mol. The Balaban J connectivity index is 2.34. The van der Waals surface area contributed by atoms with Crippen LogP contribution in [-0.4, -0.2) is 21.0 Å². The van der Waals surface area contributed by atoms with Crippen molar-refractivity contribution >= 4 is 17.6 Å². The zero-order chi connectivity index (χ0) is 14.7. The number of carboxylic acid groups (broad SMARTS) is 1. The van der Waals surface area contributed by atoms with Crippen LogP contribution in [0.2, 0.25) is 5.02 Å². The zero-order valence-corrected chi connectivity index (χ0v) is 12.1. The Bertz CT molecular complexity index is 623. The molecule has 2 aromatic rings. The number of benzene rings is 1. The van der Waals surface area contributed by atoms with E-state index in [0.717, 1.165) is 11.3 Å². The number of aryl methyl sites for hydroxylation is 2. The Morgan fingerprint density at radius 3 is 2.65 bits per heavy atom. The summed E-state index contributed by atoms with van der Waals surface area (Å²) in [5.41, 5.74) is 2.17. The van der Waals surface area contributed by atoms with E-state index in [4.69, 9.17) is 11.6 Å². The van der Waals surface area contributed by atoms with Crippen molar-refractivity contribution in [2.24, 2.45) is 0 Å². The summed E-state index contributed by atoms with van der Waals surface area (Å²) >= 11 is 5.93. The molecule has 1 heterocycles. The summed E-state index contributed by atoms with van der Waals surface area (Å²) in [6, 6.07) is 8.93. The second-order valence-corrected chi connectivity index (χ2v) is 5.14.